The van der Waals surface area contributed by atoms with E-state index in [0.29, 0.717) is 0 Å². The zero-order chi connectivity index (χ0) is 8.27. The maximum Gasteiger partial charge on any atom is 0.273 e. The Balaban J connectivity index is 2.80. The summed E-state index contributed by atoms with van der Waals surface area (Å²) in [6, 6.07) is 1.39. The van der Waals surface area contributed by atoms with Crippen LogP contribution in [0.4, 0.5) is 0 Å². The van der Waals surface area contributed by atoms with Crippen LogP contribution in [0.3, 0.4) is 0 Å². The Morgan fingerprint density at radius 2 is 2.64 bits per heavy atom. The molecule has 0 saturated heterocycles. The minimum absolute atomic E-state index is 0.177. The van der Waals surface area contributed by atoms with Gasteiger partial charge in [-0.1, -0.05) is 5.16 Å². The van der Waals surface area contributed by atoms with Crippen LogP contribution in [-0.4, -0.2) is 23.2 Å². The van der Waals surface area contributed by atoms with Gasteiger partial charge >= 0.3 is 0 Å². The van der Waals surface area contributed by atoms with Crippen molar-refractivity contribution in [2.75, 3.05) is 7.05 Å². The molecule has 2 N–H and O–H groups in total. The minimum Gasteiger partial charge on any atom is -0.388 e. The second-order valence-corrected chi connectivity index (χ2v) is 1.92. The summed E-state index contributed by atoms with van der Waals surface area (Å²) in [7, 11) is 1.50. The lowest BCUT2D eigenvalue weighted by Gasteiger charge is -1.88. The van der Waals surface area contributed by atoms with Crippen molar-refractivity contribution >= 4 is 5.91 Å². The zero-order valence-corrected chi connectivity index (χ0v) is 6.00. The molecule has 1 aromatic heterocycles. The Morgan fingerprint density at radius 3 is 3.09 bits per heavy atom. The van der Waals surface area contributed by atoms with E-state index in [4.69, 9.17) is 5.11 Å². The SMILES string of the molecule is CNC(=O)c1cc(CO)on1. The third-order valence-corrected chi connectivity index (χ3v) is 1.17. The van der Waals surface area contributed by atoms with Gasteiger partial charge in [-0.15, -0.1) is 0 Å². The van der Waals surface area contributed by atoms with Crippen LogP contribution in [0.2, 0.25) is 0 Å². The van der Waals surface area contributed by atoms with Crippen molar-refractivity contribution in [2.24, 2.45) is 0 Å². The van der Waals surface area contributed by atoms with Gasteiger partial charge in [0, 0.05) is 13.1 Å². The van der Waals surface area contributed by atoms with Gasteiger partial charge in [-0.3, -0.25) is 4.79 Å². The van der Waals surface area contributed by atoms with Crippen LogP contribution in [0.15, 0.2) is 10.6 Å². The highest BCUT2D eigenvalue weighted by Crippen LogP contribution is 2.02. The number of carbonyl (C=O) groups excluding carboxylic acids is 1. The fourth-order valence-electron chi connectivity index (χ4n) is 0.623. The van der Waals surface area contributed by atoms with Crippen LogP contribution in [0.5, 0.6) is 0 Å². The normalized spacial score (nSPS) is 9.64. The number of aromatic nitrogens is 1. The van der Waals surface area contributed by atoms with E-state index in [9.17, 15) is 4.79 Å². The van der Waals surface area contributed by atoms with E-state index >= 15 is 0 Å². The average molecular weight is 156 g/mol. The molecule has 60 valence electrons. The van der Waals surface area contributed by atoms with Crippen LogP contribution >= 0.6 is 0 Å². The second kappa shape index (κ2) is 3.16. The molecule has 1 aromatic rings. The Bertz CT molecular complexity index is 256. The molecule has 0 bridgehead atoms. The van der Waals surface area contributed by atoms with Gasteiger partial charge in [0.1, 0.15) is 6.61 Å². The molecular formula is C6H8N2O3. The molecule has 0 spiro atoms. The molecule has 0 unspecified atom stereocenters. The number of hydrogen-bond donors (Lipinski definition) is 2. The summed E-state index contributed by atoms with van der Waals surface area (Å²) in [6.07, 6.45) is 0. The fraction of sp³-hybridized carbons (Fsp3) is 0.333. The van der Waals surface area contributed by atoms with Gasteiger partial charge in [0.25, 0.3) is 5.91 Å². The lowest BCUT2D eigenvalue weighted by Crippen LogP contribution is -2.17. The third-order valence-electron chi connectivity index (χ3n) is 1.17. The summed E-state index contributed by atoms with van der Waals surface area (Å²) in [6.45, 7) is -0.246. The maximum absolute atomic E-state index is 10.8. The molecule has 0 aliphatic rings. The van der Waals surface area contributed by atoms with Gasteiger partial charge in [0.2, 0.25) is 0 Å². The van der Waals surface area contributed by atoms with E-state index in [-0.39, 0.29) is 24.0 Å². The minimum atomic E-state index is -0.326. The molecule has 1 amide bonds. The monoisotopic (exact) mass is 156 g/mol. The zero-order valence-electron chi connectivity index (χ0n) is 6.00. The smallest absolute Gasteiger partial charge is 0.273 e. The molecule has 1 heterocycles. The highest BCUT2D eigenvalue weighted by Gasteiger charge is 2.08. The van der Waals surface area contributed by atoms with Crippen LogP contribution in [-0.2, 0) is 6.61 Å². The quantitative estimate of drug-likeness (QED) is 0.606. The number of rotatable bonds is 2. The Hall–Kier alpha value is -1.36. The molecular weight excluding hydrogens is 148 g/mol. The predicted octanol–water partition coefficient (Wildman–Crippen LogP) is -0.473. The summed E-state index contributed by atoms with van der Waals surface area (Å²) < 4.78 is 4.58. The van der Waals surface area contributed by atoms with Crippen LogP contribution in [0.25, 0.3) is 0 Å². The van der Waals surface area contributed by atoms with Gasteiger partial charge in [0.05, 0.1) is 0 Å². The first-order valence-corrected chi connectivity index (χ1v) is 3.06. The van der Waals surface area contributed by atoms with E-state index in [0.717, 1.165) is 0 Å². The van der Waals surface area contributed by atoms with E-state index < -0.39 is 0 Å². The molecule has 11 heavy (non-hydrogen) atoms. The van der Waals surface area contributed by atoms with Crippen LogP contribution in [0, 0.1) is 0 Å². The van der Waals surface area contributed by atoms with Crippen LogP contribution in [0.1, 0.15) is 16.2 Å². The molecule has 0 aliphatic carbocycles. The topological polar surface area (TPSA) is 75.4 Å². The molecule has 0 radical (unpaired) electrons. The van der Waals surface area contributed by atoms with E-state index in [1.54, 1.807) is 0 Å². The molecule has 0 saturated carbocycles. The number of aliphatic hydroxyl groups is 1. The Kier molecular flexibility index (Phi) is 2.22. The van der Waals surface area contributed by atoms with Crippen molar-refractivity contribution in [3.05, 3.63) is 17.5 Å². The fourth-order valence-corrected chi connectivity index (χ4v) is 0.623. The summed E-state index contributed by atoms with van der Waals surface area (Å²) in [4.78, 5) is 10.8. The third kappa shape index (κ3) is 1.56. The van der Waals surface area contributed by atoms with Gasteiger partial charge in [0.15, 0.2) is 11.5 Å². The Morgan fingerprint density at radius 1 is 1.91 bits per heavy atom. The lowest BCUT2D eigenvalue weighted by atomic mass is 10.3. The van der Waals surface area contributed by atoms with Gasteiger partial charge in [-0.05, 0) is 0 Å². The van der Waals surface area contributed by atoms with Gasteiger partial charge in [-0.25, -0.2) is 0 Å². The van der Waals surface area contributed by atoms with E-state index in [1.807, 2.05) is 0 Å². The first-order valence-electron chi connectivity index (χ1n) is 3.06. The largest absolute Gasteiger partial charge is 0.388 e. The molecule has 5 heteroatoms. The number of nitrogens with one attached hydrogen (secondary N) is 1. The van der Waals surface area contributed by atoms with Crippen molar-refractivity contribution < 1.29 is 14.4 Å². The highest BCUT2D eigenvalue weighted by molar-refractivity contribution is 5.91. The molecule has 0 fully saturated rings. The predicted molar refractivity (Wildman–Crippen MR) is 35.8 cm³/mol. The maximum atomic E-state index is 10.8. The number of hydrogen-bond acceptors (Lipinski definition) is 4. The van der Waals surface area contributed by atoms with Gasteiger partial charge in [-0.2, -0.15) is 0 Å². The Labute approximate surface area is 63.0 Å². The van der Waals surface area contributed by atoms with Crippen molar-refractivity contribution in [1.82, 2.24) is 10.5 Å². The molecule has 5 nitrogen and oxygen atoms in total. The van der Waals surface area contributed by atoms with Crippen molar-refractivity contribution in [3.63, 3.8) is 0 Å². The highest BCUT2D eigenvalue weighted by atomic mass is 16.5. The van der Waals surface area contributed by atoms with Crippen molar-refractivity contribution in [2.45, 2.75) is 6.61 Å². The molecule has 0 aromatic carbocycles. The second-order valence-electron chi connectivity index (χ2n) is 1.92. The summed E-state index contributed by atoms with van der Waals surface area (Å²) in [5.74, 6) is -0.0444. The first-order chi connectivity index (χ1) is 5.27. The lowest BCUT2D eigenvalue weighted by molar-refractivity contribution is 0.0953. The number of amides is 1. The van der Waals surface area contributed by atoms with Crippen molar-refractivity contribution in [3.8, 4) is 0 Å². The molecule has 0 aliphatic heterocycles. The first kappa shape index (κ1) is 7.74. The summed E-state index contributed by atoms with van der Waals surface area (Å²) >= 11 is 0. The number of aliphatic hydroxyl groups excluding tert-OH is 1. The van der Waals surface area contributed by atoms with E-state index in [2.05, 4.69) is 15.0 Å². The van der Waals surface area contributed by atoms with Crippen LogP contribution < -0.4 is 5.32 Å². The van der Waals surface area contributed by atoms with Crippen molar-refractivity contribution in [1.29, 1.82) is 0 Å². The number of nitrogens with zero attached hydrogens (tertiary/aromatic N) is 1. The molecule has 1 rings (SSSR count). The summed E-state index contributed by atoms with van der Waals surface area (Å²) in [5, 5.41) is 14.3. The number of carbonyl (C=O) groups is 1. The van der Waals surface area contributed by atoms with Gasteiger partial charge < -0.3 is 14.9 Å². The average Bonchev–Trinajstić information content (AvgIpc) is 2.50. The van der Waals surface area contributed by atoms with E-state index in [1.165, 1.54) is 13.1 Å². The molecule has 0 atom stereocenters. The standard InChI is InChI=1S/C6H8N2O3/c1-7-6(10)5-2-4(3-9)11-8-5/h2,9H,3H2,1H3,(H,7,10). The summed E-state index contributed by atoms with van der Waals surface area (Å²) in [5.41, 5.74) is 0.177.